The number of nitrogens with two attached hydrogens (primary N) is 2. The third-order valence-electron chi connectivity index (χ3n) is 2.97. The van der Waals surface area contributed by atoms with E-state index >= 15 is 0 Å². The third-order valence-corrected chi connectivity index (χ3v) is 3.46. The normalized spacial score (nSPS) is 10.6. The summed E-state index contributed by atoms with van der Waals surface area (Å²) in [6, 6.07) is 13.9. The van der Waals surface area contributed by atoms with Crippen molar-refractivity contribution in [2.75, 3.05) is 16.5 Å². The fourth-order valence-corrected chi connectivity index (χ4v) is 2.42. The van der Waals surface area contributed by atoms with Gasteiger partial charge in [-0.1, -0.05) is 28.1 Å². The number of anilines is 4. The zero-order valence-electron chi connectivity index (χ0n) is 11.0. The molecule has 7 heteroatoms. The van der Waals surface area contributed by atoms with Gasteiger partial charge in [0.25, 0.3) is 0 Å². The number of nitrogens with zero attached hydrogens (tertiary/aromatic N) is 2. The molecule has 0 bridgehead atoms. The van der Waals surface area contributed by atoms with E-state index in [0.29, 0.717) is 11.6 Å². The zero-order chi connectivity index (χ0) is 14.8. The van der Waals surface area contributed by atoms with Crippen molar-refractivity contribution in [1.82, 2.24) is 9.97 Å². The molecule has 0 aliphatic rings. The van der Waals surface area contributed by atoms with Crippen LogP contribution < -0.4 is 22.3 Å². The second kappa shape index (κ2) is 5.55. The van der Waals surface area contributed by atoms with Crippen molar-refractivity contribution in [3.8, 4) is 0 Å². The van der Waals surface area contributed by atoms with E-state index in [4.69, 9.17) is 11.6 Å². The lowest BCUT2D eigenvalue weighted by Crippen LogP contribution is -2.11. The number of nitrogens with one attached hydrogen (secondary N) is 2. The van der Waals surface area contributed by atoms with Crippen LogP contribution in [0.2, 0.25) is 0 Å². The van der Waals surface area contributed by atoms with Crippen LogP contribution in [-0.2, 0) is 0 Å². The Balaban J connectivity index is 1.94. The highest BCUT2D eigenvalue weighted by Crippen LogP contribution is 2.25. The molecule has 1 aromatic heterocycles. The van der Waals surface area contributed by atoms with Crippen molar-refractivity contribution < 1.29 is 0 Å². The second-order valence-electron chi connectivity index (χ2n) is 4.47. The summed E-state index contributed by atoms with van der Waals surface area (Å²) < 4.78 is 1.05. The molecule has 3 rings (SSSR count). The summed E-state index contributed by atoms with van der Waals surface area (Å²) in [5.74, 6) is 6.52. The topological polar surface area (TPSA) is 102 Å². The number of aromatic nitrogens is 2. The fraction of sp³-hybridized carbons (Fsp3) is 0. The lowest BCUT2D eigenvalue weighted by Gasteiger charge is -2.09. The minimum Gasteiger partial charge on any atom is -0.368 e. The van der Waals surface area contributed by atoms with Gasteiger partial charge in [-0.2, -0.15) is 9.97 Å². The van der Waals surface area contributed by atoms with Gasteiger partial charge in [-0.3, -0.25) is 0 Å². The van der Waals surface area contributed by atoms with Crippen LogP contribution in [0, 0.1) is 0 Å². The molecule has 0 aliphatic carbocycles. The van der Waals surface area contributed by atoms with Crippen molar-refractivity contribution in [3.05, 3.63) is 46.9 Å². The van der Waals surface area contributed by atoms with Crippen molar-refractivity contribution in [3.63, 3.8) is 0 Å². The smallest absolute Gasteiger partial charge is 0.223 e. The van der Waals surface area contributed by atoms with Gasteiger partial charge < -0.3 is 16.5 Å². The molecule has 2 aromatic carbocycles. The average molecular weight is 345 g/mol. The number of hydrazine groups is 1. The van der Waals surface area contributed by atoms with Crippen LogP contribution in [0.15, 0.2) is 46.9 Å². The van der Waals surface area contributed by atoms with Gasteiger partial charge in [0.15, 0.2) is 0 Å². The molecule has 0 radical (unpaired) electrons. The second-order valence-corrected chi connectivity index (χ2v) is 5.39. The standard InChI is InChI=1S/C14H13BrN6/c15-10-3-1-9-6-11(4-2-8(9)5-10)18-12-7-13(21-17)20-14(16)19-12/h1-7H,17H2,(H4,16,18,19,20,21). The van der Waals surface area contributed by atoms with Crippen LogP contribution in [0.1, 0.15) is 0 Å². The number of hydrogen-bond acceptors (Lipinski definition) is 6. The SMILES string of the molecule is NNc1cc(Nc2ccc3cc(Br)ccc3c2)nc(N)n1. The first-order valence-corrected chi connectivity index (χ1v) is 7.01. The van der Waals surface area contributed by atoms with E-state index in [1.165, 1.54) is 0 Å². The van der Waals surface area contributed by atoms with Crippen LogP contribution in [-0.4, -0.2) is 9.97 Å². The highest BCUT2D eigenvalue weighted by Gasteiger charge is 2.03. The number of hydrogen-bond donors (Lipinski definition) is 4. The van der Waals surface area contributed by atoms with Gasteiger partial charge in [-0.15, -0.1) is 0 Å². The largest absolute Gasteiger partial charge is 0.368 e. The number of rotatable bonds is 3. The Morgan fingerprint density at radius 1 is 0.905 bits per heavy atom. The summed E-state index contributed by atoms with van der Waals surface area (Å²) in [5, 5.41) is 5.47. The van der Waals surface area contributed by atoms with Gasteiger partial charge in [0, 0.05) is 16.2 Å². The Morgan fingerprint density at radius 2 is 1.62 bits per heavy atom. The van der Waals surface area contributed by atoms with Crippen molar-refractivity contribution in [1.29, 1.82) is 0 Å². The first-order chi connectivity index (χ1) is 10.1. The van der Waals surface area contributed by atoms with E-state index in [1.807, 2.05) is 30.3 Å². The first-order valence-electron chi connectivity index (χ1n) is 6.21. The third kappa shape index (κ3) is 3.04. The summed E-state index contributed by atoms with van der Waals surface area (Å²) in [4.78, 5) is 8.06. The summed E-state index contributed by atoms with van der Waals surface area (Å²) in [6.45, 7) is 0. The number of nitrogen functional groups attached to an aromatic ring is 2. The van der Waals surface area contributed by atoms with Crippen molar-refractivity contribution >= 4 is 50.0 Å². The highest BCUT2D eigenvalue weighted by molar-refractivity contribution is 9.10. The Labute approximate surface area is 129 Å². The van der Waals surface area contributed by atoms with Gasteiger partial charge in [-0.25, -0.2) is 5.84 Å². The van der Waals surface area contributed by atoms with Crippen LogP contribution in [0.3, 0.4) is 0 Å². The molecule has 21 heavy (non-hydrogen) atoms. The van der Waals surface area contributed by atoms with E-state index in [9.17, 15) is 0 Å². The number of fused-ring (bicyclic) bond motifs is 1. The fourth-order valence-electron chi connectivity index (χ4n) is 2.05. The summed E-state index contributed by atoms with van der Waals surface area (Å²) in [7, 11) is 0. The Bertz CT molecular complexity index is 805. The molecular formula is C14H13BrN6. The molecule has 0 saturated heterocycles. The Morgan fingerprint density at radius 3 is 2.43 bits per heavy atom. The van der Waals surface area contributed by atoms with E-state index in [-0.39, 0.29) is 5.95 Å². The summed E-state index contributed by atoms with van der Waals surface area (Å²) in [6.07, 6.45) is 0. The Hall–Kier alpha value is -2.38. The van der Waals surface area contributed by atoms with Crippen LogP contribution in [0.4, 0.5) is 23.3 Å². The molecule has 0 spiro atoms. The first kappa shape index (κ1) is 13.6. The van der Waals surface area contributed by atoms with Crippen LogP contribution in [0.25, 0.3) is 10.8 Å². The summed E-state index contributed by atoms with van der Waals surface area (Å²) in [5.41, 5.74) is 8.99. The van der Waals surface area contributed by atoms with Crippen molar-refractivity contribution in [2.24, 2.45) is 5.84 Å². The van der Waals surface area contributed by atoms with Gasteiger partial charge in [0.2, 0.25) is 5.95 Å². The highest BCUT2D eigenvalue weighted by atomic mass is 79.9. The maximum atomic E-state index is 5.63. The minimum atomic E-state index is 0.151. The predicted molar refractivity (Wildman–Crippen MR) is 89.2 cm³/mol. The van der Waals surface area contributed by atoms with Crippen molar-refractivity contribution in [2.45, 2.75) is 0 Å². The summed E-state index contributed by atoms with van der Waals surface area (Å²) >= 11 is 3.46. The average Bonchev–Trinajstić information content (AvgIpc) is 2.47. The van der Waals surface area contributed by atoms with E-state index < -0.39 is 0 Å². The molecule has 0 unspecified atom stereocenters. The van der Waals surface area contributed by atoms with Crippen LogP contribution >= 0.6 is 15.9 Å². The molecule has 6 nitrogen and oxygen atoms in total. The van der Waals surface area contributed by atoms with E-state index in [2.05, 4.69) is 42.7 Å². The van der Waals surface area contributed by atoms with E-state index in [0.717, 1.165) is 20.9 Å². The molecule has 106 valence electrons. The molecular weight excluding hydrogens is 332 g/mol. The lowest BCUT2D eigenvalue weighted by atomic mass is 10.1. The molecule has 0 aliphatic heterocycles. The van der Waals surface area contributed by atoms with Gasteiger partial charge in [0.1, 0.15) is 11.6 Å². The van der Waals surface area contributed by atoms with Gasteiger partial charge >= 0.3 is 0 Å². The Kier molecular flexibility index (Phi) is 3.59. The number of halogens is 1. The molecule has 3 aromatic rings. The monoisotopic (exact) mass is 344 g/mol. The number of benzene rings is 2. The van der Waals surface area contributed by atoms with Crippen LogP contribution in [0.5, 0.6) is 0 Å². The van der Waals surface area contributed by atoms with E-state index in [1.54, 1.807) is 6.07 Å². The molecule has 0 atom stereocenters. The minimum absolute atomic E-state index is 0.151. The molecule has 1 heterocycles. The quantitative estimate of drug-likeness (QED) is 0.430. The maximum absolute atomic E-state index is 5.63. The molecule has 0 amide bonds. The molecule has 0 fully saturated rings. The molecule has 6 N–H and O–H groups in total. The molecule has 0 saturated carbocycles. The van der Waals surface area contributed by atoms with Gasteiger partial charge in [-0.05, 0) is 35.0 Å². The lowest BCUT2D eigenvalue weighted by molar-refractivity contribution is 1.15. The zero-order valence-corrected chi connectivity index (χ0v) is 12.6. The maximum Gasteiger partial charge on any atom is 0.223 e. The van der Waals surface area contributed by atoms with Gasteiger partial charge in [0.05, 0.1) is 0 Å². The predicted octanol–water partition coefficient (Wildman–Crippen LogP) is 3.00.